The molecule has 1 N–H and O–H groups in total. The van der Waals surface area contributed by atoms with Gasteiger partial charge < -0.3 is 10.1 Å². The third kappa shape index (κ3) is 6.57. The Balaban J connectivity index is 2.00. The van der Waals surface area contributed by atoms with Crippen molar-refractivity contribution in [3.05, 3.63) is 16.0 Å². The summed E-state index contributed by atoms with van der Waals surface area (Å²) in [6.07, 6.45) is 12.9. The van der Waals surface area contributed by atoms with Crippen molar-refractivity contribution in [3.63, 3.8) is 0 Å². The Labute approximate surface area is 187 Å². The predicted octanol–water partition coefficient (Wildman–Crippen LogP) is 7.16. The van der Waals surface area contributed by atoms with Crippen molar-refractivity contribution in [1.29, 1.82) is 0 Å². The molecule has 0 aromatic carbocycles. The van der Waals surface area contributed by atoms with Crippen LogP contribution in [0.15, 0.2) is 0 Å². The fraction of sp³-hybridized carbons (Fsp3) is 0.760. The summed E-state index contributed by atoms with van der Waals surface area (Å²) in [7, 11) is 1.42. The lowest BCUT2D eigenvalue weighted by Crippen LogP contribution is -2.28. The molecule has 5 heteroatoms. The van der Waals surface area contributed by atoms with Gasteiger partial charge in [-0.1, -0.05) is 72.6 Å². The Morgan fingerprint density at radius 3 is 2.40 bits per heavy atom. The molecule has 0 spiro atoms. The van der Waals surface area contributed by atoms with Gasteiger partial charge in [0, 0.05) is 11.3 Å². The van der Waals surface area contributed by atoms with E-state index in [4.69, 9.17) is 4.74 Å². The van der Waals surface area contributed by atoms with Crippen LogP contribution in [0, 0.1) is 11.3 Å². The van der Waals surface area contributed by atoms with Gasteiger partial charge in [-0.05, 0) is 42.6 Å². The monoisotopic (exact) mass is 435 g/mol. The van der Waals surface area contributed by atoms with Crippen LogP contribution in [0.4, 0.5) is 5.00 Å². The largest absolute Gasteiger partial charge is 0.465 e. The molecule has 0 radical (unpaired) electrons. The van der Waals surface area contributed by atoms with Crippen LogP contribution in [0.5, 0.6) is 0 Å². The standard InChI is InChI=1S/C25H41NO3S/c1-6-8-9-10-11-12-13-14-21(27)26-23-22(24(28)29-5)19-16-15-18(17-20(19)30-23)25(3,4)7-2/h18H,6-17H2,1-5H3,(H,26,27). The molecule has 1 atom stereocenters. The minimum absolute atomic E-state index is 0.0118. The number of carbonyl (C=O) groups excluding carboxylic acids is 2. The molecule has 1 aliphatic carbocycles. The second-order valence-corrected chi connectivity index (χ2v) is 10.5. The van der Waals surface area contributed by atoms with Crippen LogP contribution in [0.1, 0.15) is 113 Å². The van der Waals surface area contributed by atoms with Crippen LogP contribution in [0.2, 0.25) is 0 Å². The first kappa shape index (κ1) is 24.9. The van der Waals surface area contributed by atoms with Crippen molar-refractivity contribution in [2.24, 2.45) is 11.3 Å². The van der Waals surface area contributed by atoms with Crippen molar-refractivity contribution in [2.75, 3.05) is 12.4 Å². The van der Waals surface area contributed by atoms with Gasteiger partial charge in [-0.2, -0.15) is 0 Å². The van der Waals surface area contributed by atoms with Crippen LogP contribution < -0.4 is 5.32 Å². The highest BCUT2D eigenvalue weighted by Crippen LogP contribution is 2.45. The SMILES string of the molecule is CCCCCCCCCC(=O)Nc1sc2c(c1C(=O)OC)CCC(C(C)(C)CC)C2. The van der Waals surface area contributed by atoms with Gasteiger partial charge in [0.1, 0.15) is 5.00 Å². The number of rotatable bonds is 12. The number of hydrogen-bond acceptors (Lipinski definition) is 4. The maximum atomic E-state index is 12.5. The molecular weight excluding hydrogens is 394 g/mol. The minimum atomic E-state index is -0.327. The Morgan fingerprint density at radius 2 is 1.77 bits per heavy atom. The van der Waals surface area contributed by atoms with E-state index in [9.17, 15) is 9.59 Å². The number of anilines is 1. The first-order valence-corrected chi connectivity index (χ1v) is 12.7. The molecule has 0 saturated heterocycles. The van der Waals surface area contributed by atoms with E-state index >= 15 is 0 Å². The average Bonchev–Trinajstić information content (AvgIpc) is 3.09. The van der Waals surface area contributed by atoms with Gasteiger partial charge in [0.05, 0.1) is 12.7 Å². The predicted molar refractivity (Wildman–Crippen MR) is 126 cm³/mol. The van der Waals surface area contributed by atoms with E-state index in [0.717, 1.165) is 44.1 Å². The molecule has 4 nitrogen and oxygen atoms in total. The quantitative estimate of drug-likeness (QED) is 0.280. The highest BCUT2D eigenvalue weighted by atomic mass is 32.1. The zero-order valence-electron chi connectivity index (χ0n) is 19.7. The van der Waals surface area contributed by atoms with Crippen molar-refractivity contribution >= 4 is 28.2 Å². The molecular formula is C25H41NO3S. The van der Waals surface area contributed by atoms with Gasteiger partial charge in [-0.25, -0.2) is 4.79 Å². The van der Waals surface area contributed by atoms with Crippen LogP contribution in [-0.2, 0) is 22.4 Å². The zero-order valence-corrected chi connectivity index (χ0v) is 20.5. The van der Waals surface area contributed by atoms with E-state index in [1.165, 1.54) is 44.1 Å². The van der Waals surface area contributed by atoms with Crippen molar-refractivity contribution < 1.29 is 14.3 Å². The number of nitrogens with one attached hydrogen (secondary N) is 1. The molecule has 0 aliphatic heterocycles. The maximum Gasteiger partial charge on any atom is 0.341 e. The molecule has 1 unspecified atom stereocenters. The van der Waals surface area contributed by atoms with E-state index in [1.54, 1.807) is 11.3 Å². The molecule has 1 aromatic heterocycles. The summed E-state index contributed by atoms with van der Waals surface area (Å²) in [5, 5.41) is 3.73. The van der Waals surface area contributed by atoms with E-state index in [-0.39, 0.29) is 17.3 Å². The Morgan fingerprint density at radius 1 is 1.10 bits per heavy atom. The van der Waals surface area contributed by atoms with Crippen molar-refractivity contribution in [2.45, 2.75) is 105 Å². The van der Waals surface area contributed by atoms with Gasteiger partial charge in [-0.3, -0.25) is 4.79 Å². The Kier molecular flexibility index (Phi) is 9.86. The lowest BCUT2D eigenvalue weighted by molar-refractivity contribution is -0.116. The number of unbranched alkanes of at least 4 members (excludes halogenated alkanes) is 6. The molecule has 1 aromatic rings. The summed E-state index contributed by atoms with van der Waals surface area (Å²) in [5.74, 6) is 0.292. The van der Waals surface area contributed by atoms with Gasteiger partial charge in [0.2, 0.25) is 5.91 Å². The Bertz CT molecular complexity index is 707. The van der Waals surface area contributed by atoms with Crippen LogP contribution in [0.3, 0.4) is 0 Å². The van der Waals surface area contributed by atoms with Gasteiger partial charge >= 0.3 is 5.97 Å². The second-order valence-electron chi connectivity index (χ2n) is 9.40. The van der Waals surface area contributed by atoms with Crippen molar-refractivity contribution in [1.82, 2.24) is 0 Å². The summed E-state index contributed by atoms with van der Waals surface area (Å²) < 4.78 is 5.06. The van der Waals surface area contributed by atoms with Crippen LogP contribution in [-0.4, -0.2) is 19.0 Å². The fourth-order valence-corrected chi connectivity index (χ4v) is 5.71. The average molecular weight is 436 g/mol. The summed E-state index contributed by atoms with van der Waals surface area (Å²) >= 11 is 1.58. The zero-order chi connectivity index (χ0) is 22.1. The van der Waals surface area contributed by atoms with Gasteiger partial charge in [-0.15, -0.1) is 11.3 Å². The molecule has 0 bridgehead atoms. The first-order valence-electron chi connectivity index (χ1n) is 11.9. The number of thiophene rings is 1. The molecule has 1 heterocycles. The van der Waals surface area contributed by atoms with E-state index in [0.29, 0.717) is 22.9 Å². The summed E-state index contributed by atoms with van der Waals surface area (Å²) in [6, 6.07) is 0. The number of carbonyl (C=O) groups is 2. The summed E-state index contributed by atoms with van der Waals surface area (Å²) in [5.41, 5.74) is 1.98. The van der Waals surface area contributed by atoms with Crippen LogP contribution >= 0.6 is 11.3 Å². The number of amides is 1. The molecule has 1 amide bonds. The smallest absolute Gasteiger partial charge is 0.341 e. The summed E-state index contributed by atoms with van der Waals surface area (Å²) in [4.78, 5) is 26.3. The number of hydrogen-bond donors (Lipinski definition) is 1. The van der Waals surface area contributed by atoms with Gasteiger partial charge in [0.15, 0.2) is 0 Å². The number of esters is 1. The van der Waals surface area contributed by atoms with E-state index in [2.05, 4.69) is 33.0 Å². The molecule has 0 fully saturated rings. The first-order chi connectivity index (χ1) is 14.3. The maximum absolute atomic E-state index is 12.5. The molecule has 30 heavy (non-hydrogen) atoms. The third-order valence-electron chi connectivity index (χ3n) is 6.93. The van der Waals surface area contributed by atoms with Crippen LogP contribution in [0.25, 0.3) is 0 Å². The number of methoxy groups -OCH3 is 1. The fourth-order valence-electron chi connectivity index (χ4n) is 4.38. The molecule has 2 rings (SSSR count). The minimum Gasteiger partial charge on any atom is -0.465 e. The number of fused-ring (bicyclic) bond motifs is 1. The van der Waals surface area contributed by atoms with E-state index in [1.807, 2.05) is 0 Å². The number of ether oxygens (including phenoxy) is 1. The Hall–Kier alpha value is -1.36. The molecule has 0 saturated carbocycles. The second kappa shape index (κ2) is 11.9. The van der Waals surface area contributed by atoms with Gasteiger partial charge in [0.25, 0.3) is 0 Å². The molecule has 170 valence electrons. The normalized spacial score (nSPS) is 16.2. The summed E-state index contributed by atoms with van der Waals surface area (Å²) in [6.45, 7) is 9.14. The molecule has 1 aliphatic rings. The van der Waals surface area contributed by atoms with Crippen molar-refractivity contribution in [3.8, 4) is 0 Å². The highest BCUT2D eigenvalue weighted by Gasteiger charge is 2.35. The lowest BCUT2D eigenvalue weighted by Gasteiger charge is -2.36. The lowest BCUT2D eigenvalue weighted by atomic mass is 9.69. The topological polar surface area (TPSA) is 55.4 Å². The van der Waals surface area contributed by atoms with E-state index < -0.39 is 0 Å². The highest BCUT2D eigenvalue weighted by molar-refractivity contribution is 7.17. The third-order valence-corrected chi connectivity index (χ3v) is 8.10.